The number of benzene rings is 1. The number of nitrogens with zero attached hydrogens (tertiary/aromatic N) is 2. The van der Waals surface area contributed by atoms with Gasteiger partial charge in [-0.15, -0.1) is 0 Å². The zero-order chi connectivity index (χ0) is 14.3. The SMILES string of the molecule is CCC(C)c1[nH]c2nc3ccccc3n2c(=O)c1CF. The molecule has 4 nitrogen and oxygen atoms in total. The molecule has 0 aliphatic rings. The van der Waals surface area contributed by atoms with Crippen LogP contribution in [0.15, 0.2) is 29.1 Å². The maximum absolute atomic E-state index is 13.3. The van der Waals surface area contributed by atoms with Crippen LogP contribution in [0.1, 0.15) is 37.4 Å². The summed E-state index contributed by atoms with van der Waals surface area (Å²) in [5.41, 5.74) is 1.98. The van der Waals surface area contributed by atoms with Gasteiger partial charge in [0.05, 0.1) is 16.6 Å². The number of fused-ring (bicyclic) bond motifs is 3. The minimum Gasteiger partial charge on any atom is -0.328 e. The number of aromatic nitrogens is 3. The predicted molar refractivity (Wildman–Crippen MR) is 76.8 cm³/mol. The first-order valence-corrected chi connectivity index (χ1v) is 6.75. The number of H-pyrrole nitrogens is 1. The fourth-order valence-electron chi connectivity index (χ4n) is 2.52. The minimum absolute atomic E-state index is 0.0956. The van der Waals surface area contributed by atoms with Crippen molar-refractivity contribution in [2.24, 2.45) is 0 Å². The van der Waals surface area contributed by atoms with Crippen molar-refractivity contribution in [3.63, 3.8) is 0 Å². The van der Waals surface area contributed by atoms with Crippen LogP contribution in [0, 0.1) is 0 Å². The first-order chi connectivity index (χ1) is 9.67. The highest BCUT2D eigenvalue weighted by atomic mass is 19.1. The van der Waals surface area contributed by atoms with Crippen LogP contribution in [-0.4, -0.2) is 14.4 Å². The third-order valence-corrected chi connectivity index (χ3v) is 3.83. The van der Waals surface area contributed by atoms with Gasteiger partial charge in [-0.05, 0) is 24.5 Å². The minimum atomic E-state index is -0.766. The molecule has 0 radical (unpaired) electrons. The Morgan fingerprint density at radius 2 is 2.15 bits per heavy atom. The lowest BCUT2D eigenvalue weighted by atomic mass is 10.0. The number of para-hydroxylation sites is 2. The summed E-state index contributed by atoms with van der Waals surface area (Å²) in [7, 11) is 0. The maximum atomic E-state index is 13.3. The van der Waals surface area contributed by atoms with E-state index in [2.05, 4.69) is 9.97 Å². The molecule has 0 bridgehead atoms. The summed E-state index contributed by atoms with van der Waals surface area (Å²) in [6, 6.07) is 7.36. The van der Waals surface area contributed by atoms with Crippen molar-refractivity contribution in [1.82, 2.24) is 14.4 Å². The van der Waals surface area contributed by atoms with Crippen LogP contribution in [0.2, 0.25) is 0 Å². The Bertz CT molecular complexity index is 834. The maximum Gasteiger partial charge on any atom is 0.265 e. The number of hydrogen-bond acceptors (Lipinski definition) is 2. The van der Waals surface area contributed by atoms with Crippen molar-refractivity contribution >= 4 is 16.8 Å². The van der Waals surface area contributed by atoms with E-state index in [1.807, 2.05) is 38.1 Å². The average Bonchev–Trinajstić information content (AvgIpc) is 2.84. The Morgan fingerprint density at radius 1 is 1.40 bits per heavy atom. The second-order valence-corrected chi connectivity index (χ2v) is 5.02. The molecule has 0 saturated heterocycles. The van der Waals surface area contributed by atoms with Gasteiger partial charge in [-0.3, -0.25) is 4.79 Å². The fourth-order valence-corrected chi connectivity index (χ4v) is 2.52. The van der Waals surface area contributed by atoms with Crippen LogP contribution in [0.4, 0.5) is 4.39 Å². The molecule has 20 heavy (non-hydrogen) atoms. The van der Waals surface area contributed by atoms with E-state index >= 15 is 0 Å². The second-order valence-electron chi connectivity index (χ2n) is 5.02. The molecule has 3 rings (SSSR count). The Morgan fingerprint density at radius 3 is 2.85 bits per heavy atom. The van der Waals surface area contributed by atoms with Gasteiger partial charge < -0.3 is 4.98 Å². The number of hydrogen-bond donors (Lipinski definition) is 1. The smallest absolute Gasteiger partial charge is 0.265 e. The number of rotatable bonds is 3. The first-order valence-electron chi connectivity index (χ1n) is 6.75. The quantitative estimate of drug-likeness (QED) is 0.797. The highest BCUT2D eigenvalue weighted by molar-refractivity contribution is 5.79. The van der Waals surface area contributed by atoms with Crippen LogP contribution in [0.5, 0.6) is 0 Å². The van der Waals surface area contributed by atoms with Gasteiger partial charge in [-0.25, -0.2) is 13.8 Å². The van der Waals surface area contributed by atoms with E-state index < -0.39 is 6.67 Å². The summed E-state index contributed by atoms with van der Waals surface area (Å²) in [6.07, 6.45) is 0.833. The van der Waals surface area contributed by atoms with Gasteiger partial charge in [0.25, 0.3) is 5.56 Å². The molecule has 5 heteroatoms. The molecule has 104 valence electrons. The molecular formula is C15H16FN3O. The molecule has 0 saturated carbocycles. The summed E-state index contributed by atoms with van der Waals surface area (Å²) in [4.78, 5) is 20.1. The largest absolute Gasteiger partial charge is 0.328 e. The Kier molecular flexibility index (Phi) is 3.04. The Labute approximate surface area is 115 Å². The molecule has 2 heterocycles. The summed E-state index contributed by atoms with van der Waals surface area (Å²) in [5, 5.41) is 0. The molecule has 3 aromatic rings. The summed E-state index contributed by atoms with van der Waals surface area (Å²) in [6.45, 7) is 3.22. The summed E-state index contributed by atoms with van der Waals surface area (Å²) < 4.78 is 14.8. The molecule has 0 aliphatic carbocycles. The van der Waals surface area contributed by atoms with Gasteiger partial charge in [0.15, 0.2) is 0 Å². The molecule has 1 aromatic carbocycles. The number of imidazole rings is 1. The van der Waals surface area contributed by atoms with E-state index in [0.29, 0.717) is 17.0 Å². The van der Waals surface area contributed by atoms with Gasteiger partial charge in [0.2, 0.25) is 5.78 Å². The topological polar surface area (TPSA) is 50.2 Å². The Hall–Kier alpha value is -2.17. The Balaban J connectivity index is 2.46. The van der Waals surface area contributed by atoms with E-state index in [1.54, 1.807) is 0 Å². The third kappa shape index (κ3) is 1.73. The van der Waals surface area contributed by atoms with Crippen LogP contribution in [-0.2, 0) is 6.67 Å². The number of aromatic amines is 1. The van der Waals surface area contributed by atoms with Gasteiger partial charge in [0.1, 0.15) is 6.67 Å². The predicted octanol–water partition coefficient (Wildman–Crippen LogP) is 3.16. The van der Waals surface area contributed by atoms with E-state index in [9.17, 15) is 9.18 Å². The van der Waals surface area contributed by atoms with Crippen LogP contribution >= 0.6 is 0 Å². The zero-order valence-corrected chi connectivity index (χ0v) is 11.5. The summed E-state index contributed by atoms with van der Waals surface area (Å²) in [5.74, 6) is 0.571. The van der Waals surface area contributed by atoms with Crippen LogP contribution in [0.3, 0.4) is 0 Å². The monoisotopic (exact) mass is 273 g/mol. The second kappa shape index (κ2) is 4.74. The molecule has 1 atom stereocenters. The van der Waals surface area contributed by atoms with Crippen molar-refractivity contribution in [2.45, 2.75) is 32.9 Å². The lowest BCUT2D eigenvalue weighted by Gasteiger charge is -2.13. The lowest BCUT2D eigenvalue weighted by molar-refractivity contribution is 0.472. The number of halogens is 1. The van der Waals surface area contributed by atoms with E-state index in [-0.39, 0.29) is 17.0 Å². The number of alkyl halides is 1. The van der Waals surface area contributed by atoms with Crippen LogP contribution < -0.4 is 5.56 Å². The zero-order valence-electron chi connectivity index (χ0n) is 11.5. The highest BCUT2D eigenvalue weighted by Gasteiger charge is 2.18. The highest BCUT2D eigenvalue weighted by Crippen LogP contribution is 2.22. The van der Waals surface area contributed by atoms with Crippen molar-refractivity contribution < 1.29 is 4.39 Å². The standard InChI is InChI=1S/C15H16FN3O/c1-3-9(2)13-10(8-16)14(20)19-12-7-5-4-6-11(12)17-15(19)18-13/h4-7,9H,3,8H2,1-2H3,(H,17,18). The summed E-state index contributed by atoms with van der Waals surface area (Å²) >= 11 is 0. The molecule has 0 aliphatic heterocycles. The van der Waals surface area contributed by atoms with Crippen LogP contribution in [0.25, 0.3) is 16.8 Å². The van der Waals surface area contributed by atoms with Crippen molar-refractivity contribution in [3.05, 3.63) is 45.9 Å². The third-order valence-electron chi connectivity index (χ3n) is 3.83. The van der Waals surface area contributed by atoms with Gasteiger partial charge >= 0.3 is 0 Å². The normalized spacial score (nSPS) is 13.2. The number of nitrogens with one attached hydrogen (secondary N) is 1. The average molecular weight is 273 g/mol. The van der Waals surface area contributed by atoms with Crippen molar-refractivity contribution in [1.29, 1.82) is 0 Å². The molecule has 1 unspecified atom stereocenters. The molecule has 0 spiro atoms. The van der Waals surface area contributed by atoms with Gasteiger partial charge in [0, 0.05) is 5.69 Å². The van der Waals surface area contributed by atoms with Gasteiger partial charge in [-0.2, -0.15) is 0 Å². The van der Waals surface area contributed by atoms with E-state index in [1.165, 1.54) is 4.40 Å². The van der Waals surface area contributed by atoms with Gasteiger partial charge in [-0.1, -0.05) is 26.0 Å². The lowest BCUT2D eigenvalue weighted by Crippen LogP contribution is -2.22. The fraction of sp³-hybridized carbons (Fsp3) is 0.333. The molecule has 1 N–H and O–H groups in total. The molecule has 0 amide bonds. The molecule has 0 fully saturated rings. The van der Waals surface area contributed by atoms with E-state index in [0.717, 1.165) is 11.9 Å². The first kappa shape index (κ1) is 12.8. The molecule has 2 aromatic heterocycles. The van der Waals surface area contributed by atoms with Crippen molar-refractivity contribution in [2.75, 3.05) is 0 Å². The molecular weight excluding hydrogens is 257 g/mol. The van der Waals surface area contributed by atoms with Crippen molar-refractivity contribution in [3.8, 4) is 0 Å². The van der Waals surface area contributed by atoms with E-state index in [4.69, 9.17) is 0 Å².